The maximum Gasteiger partial charge on any atom is 0.326 e. The molecule has 3 rings (SSSR count). The van der Waals surface area contributed by atoms with E-state index in [2.05, 4.69) is 81.3 Å². The average Bonchev–Trinajstić information content (AvgIpc) is 3.42. The largest absolute Gasteiger partial charge is 0.459 e. The Balaban J connectivity index is 1.69. The minimum atomic E-state index is -1.82. The Morgan fingerprint density at radius 2 is 1.68 bits per heavy atom. The van der Waals surface area contributed by atoms with Crippen LogP contribution in [0.15, 0.2) is 30.3 Å². The van der Waals surface area contributed by atoms with E-state index in [1.807, 2.05) is 20.8 Å². The van der Waals surface area contributed by atoms with Gasteiger partial charge < -0.3 is 14.5 Å². The van der Waals surface area contributed by atoms with Gasteiger partial charge in [-0.2, -0.15) is 0 Å². The predicted octanol–water partition coefficient (Wildman–Crippen LogP) is 5.78. The van der Waals surface area contributed by atoms with Crippen LogP contribution in [0.5, 0.6) is 0 Å². The standard InChI is InChI=1S/C28H48N2O3Si/c1-21(22-13-11-10-12-14-22)30-18-23(24(19-30)20-32-34(8,9)27(5,6)7)17-29-28(15-16-28)25(31)33-26(2,3)4/h10-14,21,23-24,29H,15-20H2,1-9H3/t21-,23+,24-/m0/s1. The summed E-state index contributed by atoms with van der Waals surface area (Å²) in [6, 6.07) is 11.1. The highest BCUT2D eigenvalue weighted by atomic mass is 28.4. The third kappa shape index (κ3) is 6.71. The summed E-state index contributed by atoms with van der Waals surface area (Å²) in [5.41, 5.74) is 0.410. The molecule has 2 fully saturated rings. The number of hydrogen-bond donors (Lipinski definition) is 1. The van der Waals surface area contributed by atoms with Gasteiger partial charge >= 0.3 is 5.97 Å². The highest BCUT2D eigenvalue weighted by molar-refractivity contribution is 6.74. The molecule has 0 bridgehead atoms. The van der Waals surface area contributed by atoms with Crippen LogP contribution in [0.25, 0.3) is 0 Å². The maximum absolute atomic E-state index is 12.8. The number of benzene rings is 1. The van der Waals surface area contributed by atoms with Crippen molar-refractivity contribution in [2.45, 2.75) is 96.6 Å². The Labute approximate surface area is 209 Å². The van der Waals surface area contributed by atoms with Crippen molar-refractivity contribution in [3.63, 3.8) is 0 Å². The Morgan fingerprint density at radius 3 is 2.21 bits per heavy atom. The quantitative estimate of drug-likeness (QED) is 0.353. The first-order valence-corrected chi connectivity index (χ1v) is 16.0. The molecule has 1 N–H and O–H groups in total. The van der Waals surface area contributed by atoms with Crippen LogP contribution in [-0.2, 0) is 14.0 Å². The van der Waals surface area contributed by atoms with Gasteiger partial charge in [-0.25, -0.2) is 0 Å². The Hall–Kier alpha value is -1.21. The Bertz CT molecular complexity index is 824. The molecule has 34 heavy (non-hydrogen) atoms. The molecule has 6 heteroatoms. The van der Waals surface area contributed by atoms with E-state index < -0.39 is 19.5 Å². The minimum absolute atomic E-state index is 0.0958. The number of carbonyl (C=O) groups excluding carboxylic acids is 1. The molecule has 3 atom stereocenters. The van der Waals surface area contributed by atoms with E-state index in [9.17, 15) is 4.79 Å². The van der Waals surface area contributed by atoms with Gasteiger partial charge in [-0.3, -0.25) is 9.69 Å². The first kappa shape index (κ1) is 27.4. The highest BCUT2D eigenvalue weighted by Gasteiger charge is 2.53. The molecule has 0 spiro atoms. The minimum Gasteiger partial charge on any atom is -0.459 e. The van der Waals surface area contributed by atoms with Crippen molar-refractivity contribution in [3.05, 3.63) is 35.9 Å². The number of carbonyl (C=O) groups is 1. The molecule has 0 amide bonds. The fourth-order valence-corrected chi connectivity index (χ4v) is 5.53. The summed E-state index contributed by atoms with van der Waals surface area (Å²) in [5, 5.41) is 3.85. The first-order chi connectivity index (χ1) is 15.6. The topological polar surface area (TPSA) is 50.8 Å². The average molecular weight is 489 g/mol. The predicted molar refractivity (Wildman–Crippen MR) is 142 cm³/mol. The molecular formula is C28H48N2O3Si. The molecule has 1 saturated carbocycles. The molecule has 2 aliphatic rings. The van der Waals surface area contributed by atoms with Gasteiger partial charge in [-0.15, -0.1) is 0 Å². The van der Waals surface area contributed by atoms with Gasteiger partial charge in [0.25, 0.3) is 0 Å². The lowest BCUT2D eigenvalue weighted by molar-refractivity contribution is -0.158. The van der Waals surface area contributed by atoms with Gasteiger partial charge in [0.05, 0.1) is 0 Å². The van der Waals surface area contributed by atoms with E-state index in [0.717, 1.165) is 39.1 Å². The third-order valence-electron chi connectivity index (χ3n) is 8.14. The summed E-state index contributed by atoms with van der Waals surface area (Å²) in [7, 11) is -1.82. The summed E-state index contributed by atoms with van der Waals surface area (Å²) in [5.74, 6) is 0.791. The van der Waals surface area contributed by atoms with Crippen molar-refractivity contribution in [1.82, 2.24) is 10.2 Å². The first-order valence-electron chi connectivity index (χ1n) is 13.0. The van der Waals surface area contributed by atoms with Crippen LogP contribution in [0.4, 0.5) is 0 Å². The van der Waals surface area contributed by atoms with E-state index in [4.69, 9.17) is 9.16 Å². The summed E-state index contributed by atoms with van der Waals surface area (Å²) in [6.45, 7) is 23.3. The SMILES string of the molecule is C[C@@H](c1ccccc1)N1C[C@@H](CNC2(C(=O)OC(C)(C)C)CC2)[C@H](CO[Si](C)(C)C(C)(C)C)C1. The zero-order chi connectivity index (χ0) is 25.4. The summed E-state index contributed by atoms with van der Waals surface area (Å²) in [6.07, 6.45) is 1.73. The summed E-state index contributed by atoms with van der Waals surface area (Å²) < 4.78 is 12.4. The van der Waals surface area contributed by atoms with Crippen LogP contribution in [-0.4, -0.2) is 56.6 Å². The van der Waals surface area contributed by atoms with Crippen LogP contribution < -0.4 is 5.32 Å². The molecule has 1 aromatic rings. The molecule has 1 saturated heterocycles. The van der Waals surface area contributed by atoms with Crippen molar-refractivity contribution in [3.8, 4) is 0 Å². The zero-order valence-corrected chi connectivity index (χ0v) is 24.0. The fourth-order valence-electron chi connectivity index (χ4n) is 4.47. The van der Waals surface area contributed by atoms with Crippen molar-refractivity contribution in [2.75, 3.05) is 26.2 Å². The van der Waals surface area contributed by atoms with E-state index in [1.54, 1.807) is 0 Å². The van der Waals surface area contributed by atoms with Crippen molar-refractivity contribution in [2.24, 2.45) is 11.8 Å². The van der Waals surface area contributed by atoms with E-state index in [-0.39, 0.29) is 11.0 Å². The second-order valence-corrected chi connectivity index (χ2v) is 17.9. The maximum atomic E-state index is 12.8. The van der Waals surface area contributed by atoms with Crippen molar-refractivity contribution in [1.29, 1.82) is 0 Å². The van der Waals surface area contributed by atoms with Crippen LogP contribution in [0, 0.1) is 11.8 Å². The molecule has 1 aromatic carbocycles. The van der Waals surface area contributed by atoms with Gasteiger partial charge in [0.1, 0.15) is 11.1 Å². The highest BCUT2D eigenvalue weighted by Crippen LogP contribution is 2.40. The summed E-state index contributed by atoms with van der Waals surface area (Å²) >= 11 is 0. The number of nitrogens with one attached hydrogen (secondary N) is 1. The number of likely N-dealkylation sites (tertiary alicyclic amines) is 1. The number of nitrogens with zero attached hydrogens (tertiary/aromatic N) is 1. The number of esters is 1. The number of rotatable bonds is 9. The lowest BCUT2D eigenvalue weighted by atomic mass is 9.96. The van der Waals surface area contributed by atoms with E-state index >= 15 is 0 Å². The van der Waals surface area contributed by atoms with Gasteiger partial charge in [0.15, 0.2) is 8.32 Å². The van der Waals surface area contributed by atoms with Gasteiger partial charge in [0, 0.05) is 32.3 Å². The Morgan fingerprint density at radius 1 is 1.09 bits per heavy atom. The van der Waals surface area contributed by atoms with Gasteiger partial charge in [-0.05, 0) is 76.1 Å². The number of hydrogen-bond acceptors (Lipinski definition) is 5. The molecular weight excluding hydrogens is 440 g/mol. The second kappa shape index (κ2) is 10.0. The van der Waals surface area contributed by atoms with Crippen LogP contribution in [0.2, 0.25) is 18.1 Å². The van der Waals surface area contributed by atoms with Crippen molar-refractivity contribution < 1.29 is 14.0 Å². The lowest BCUT2D eigenvalue weighted by Crippen LogP contribution is -2.47. The van der Waals surface area contributed by atoms with E-state index in [0.29, 0.717) is 17.9 Å². The molecule has 0 aromatic heterocycles. The molecule has 192 valence electrons. The molecule has 0 unspecified atom stereocenters. The van der Waals surface area contributed by atoms with Crippen LogP contribution in [0.1, 0.15) is 72.9 Å². The monoisotopic (exact) mass is 488 g/mol. The number of ether oxygens (including phenoxy) is 1. The smallest absolute Gasteiger partial charge is 0.326 e. The normalized spacial score (nSPS) is 24.1. The zero-order valence-electron chi connectivity index (χ0n) is 23.0. The fraction of sp³-hybridized carbons (Fsp3) is 0.750. The summed E-state index contributed by atoms with van der Waals surface area (Å²) in [4.78, 5) is 15.4. The molecule has 1 aliphatic carbocycles. The van der Waals surface area contributed by atoms with Crippen LogP contribution in [0.3, 0.4) is 0 Å². The Kier molecular flexibility index (Phi) is 8.08. The van der Waals surface area contributed by atoms with Crippen LogP contribution >= 0.6 is 0 Å². The molecule has 1 heterocycles. The van der Waals surface area contributed by atoms with Crippen molar-refractivity contribution >= 4 is 14.3 Å². The second-order valence-electron chi connectivity index (χ2n) is 13.1. The van der Waals surface area contributed by atoms with E-state index in [1.165, 1.54) is 5.56 Å². The van der Waals surface area contributed by atoms with Gasteiger partial charge in [-0.1, -0.05) is 51.1 Å². The molecule has 0 radical (unpaired) electrons. The lowest BCUT2D eigenvalue weighted by Gasteiger charge is -2.37. The third-order valence-corrected chi connectivity index (χ3v) is 12.6. The molecule has 1 aliphatic heterocycles. The molecule has 5 nitrogen and oxygen atoms in total. The van der Waals surface area contributed by atoms with Gasteiger partial charge in [0.2, 0.25) is 0 Å².